The van der Waals surface area contributed by atoms with Gasteiger partial charge in [-0.2, -0.15) is 0 Å². The number of aryl methyl sites for hydroxylation is 1. The Morgan fingerprint density at radius 2 is 1.90 bits per heavy atom. The van der Waals surface area contributed by atoms with Gasteiger partial charge in [-0.1, -0.05) is 63.8 Å². The number of carbonyl (C=O) groups excluding carboxylic acids is 1. The number of carbonyl (C=O) groups is 1. The van der Waals surface area contributed by atoms with Crippen molar-refractivity contribution in [2.75, 3.05) is 0 Å². The third kappa shape index (κ3) is 5.77. The number of rotatable bonds is 9. The molecular weight excluding hydrogens is 246 g/mol. The summed E-state index contributed by atoms with van der Waals surface area (Å²) in [6.07, 6.45) is 6.90. The lowest BCUT2D eigenvalue weighted by Crippen LogP contribution is -2.30. The molecule has 1 atom stereocenters. The average molecular weight is 275 g/mol. The molecule has 0 fully saturated rings. The standard InChI is InChI=1S/C18H29NO/c1-4-6-7-8-12-16(5-2)18(20)19-14-17-13-10-9-11-15(17)3/h9-11,13,16H,4-8,12,14H2,1-3H3,(H,19,20). The first-order valence-electron chi connectivity index (χ1n) is 8.01. The Hall–Kier alpha value is -1.31. The molecule has 1 aromatic rings. The second-order valence-electron chi connectivity index (χ2n) is 5.60. The molecule has 0 bridgehead atoms. The van der Waals surface area contributed by atoms with Gasteiger partial charge < -0.3 is 5.32 Å². The molecule has 0 heterocycles. The van der Waals surface area contributed by atoms with Crippen molar-refractivity contribution >= 4 is 5.91 Å². The third-order valence-electron chi connectivity index (χ3n) is 3.98. The number of hydrogen-bond acceptors (Lipinski definition) is 1. The molecule has 1 unspecified atom stereocenters. The quantitative estimate of drug-likeness (QED) is 0.655. The first kappa shape index (κ1) is 16.7. The Balaban J connectivity index is 2.37. The highest BCUT2D eigenvalue weighted by atomic mass is 16.1. The Kier molecular flexibility index (Phi) is 8.01. The minimum absolute atomic E-state index is 0.177. The van der Waals surface area contributed by atoms with E-state index in [0.29, 0.717) is 6.54 Å². The van der Waals surface area contributed by atoms with E-state index in [1.165, 1.54) is 36.8 Å². The van der Waals surface area contributed by atoms with Gasteiger partial charge in [0.1, 0.15) is 0 Å². The van der Waals surface area contributed by atoms with Crippen LogP contribution in [0.25, 0.3) is 0 Å². The minimum atomic E-state index is 0.177. The second-order valence-corrected chi connectivity index (χ2v) is 5.60. The summed E-state index contributed by atoms with van der Waals surface area (Å²) in [4.78, 5) is 12.2. The van der Waals surface area contributed by atoms with E-state index in [0.717, 1.165) is 12.8 Å². The normalized spacial score (nSPS) is 12.2. The SMILES string of the molecule is CCCCCCC(CC)C(=O)NCc1ccccc1C. The smallest absolute Gasteiger partial charge is 0.223 e. The molecular formula is C18H29NO. The number of nitrogens with one attached hydrogen (secondary N) is 1. The molecule has 0 saturated heterocycles. The van der Waals surface area contributed by atoms with Crippen molar-refractivity contribution in [1.82, 2.24) is 5.32 Å². The molecule has 1 N–H and O–H groups in total. The highest BCUT2D eigenvalue weighted by Gasteiger charge is 2.15. The fourth-order valence-electron chi connectivity index (χ4n) is 2.47. The van der Waals surface area contributed by atoms with Gasteiger partial charge >= 0.3 is 0 Å². The van der Waals surface area contributed by atoms with Crippen LogP contribution in [0.1, 0.15) is 63.5 Å². The summed E-state index contributed by atoms with van der Waals surface area (Å²) in [5.41, 5.74) is 2.45. The zero-order valence-corrected chi connectivity index (χ0v) is 13.2. The first-order valence-corrected chi connectivity index (χ1v) is 8.01. The summed E-state index contributed by atoms with van der Waals surface area (Å²) in [5.74, 6) is 0.392. The van der Waals surface area contributed by atoms with Crippen molar-refractivity contribution in [3.05, 3.63) is 35.4 Å². The lowest BCUT2D eigenvalue weighted by Gasteiger charge is -2.15. The van der Waals surface area contributed by atoms with Gasteiger partial charge in [0, 0.05) is 12.5 Å². The van der Waals surface area contributed by atoms with Crippen LogP contribution in [-0.4, -0.2) is 5.91 Å². The van der Waals surface area contributed by atoms with Gasteiger partial charge in [0.05, 0.1) is 0 Å². The summed E-state index contributed by atoms with van der Waals surface area (Å²) in [7, 11) is 0. The summed E-state index contributed by atoms with van der Waals surface area (Å²) in [6, 6.07) is 8.22. The van der Waals surface area contributed by atoms with Gasteiger partial charge in [0.15, 0.2) is 0 Å². The van der Waals surface area contributed by atoms with Crippen molar-refractivity contribution in [1.29, 1.82) is 0 Å². The highest BCUT2D eigenvalue weighted by Crippen LogP contribution is 2.15. The zero-order chi connectivity index (χ0) is 14.8. The molecule has 0 aliphatic heterocycles. The van der Waals surface area contributed by atoms with Gasteiger partial charge in [0.25, 0.3) is 0 Å². The van der Waals surface area contributed by atoms with Crippen LogP contribution in [0, 0.1) is 12.8 Å². The van der Waals surface area contributed by atoms with Crippen LogP contribution in [0.2, 0.25) is 0 Å². The predicted molar refractivity (Wildman–Crippen MR) is 85.6 cm³/mol. The van der Waals surface area contributed by atoms with Crippen LogP contribution < -0.4 is 5.32 Å². The van der Waals surface area contributed by atoms with Crippen molar-refractivity contribution < 1.29 is 4.79 Å². The number of unbranched alkanes of at least 4 members (excludes halogenated alkanes) is 3. The summed E-state index contributed by atoms with van der Waals surface area (Å²) in [5, 5.41) is 3.09. The van der Waals surface area contributed by atoms with Crippen molar-refractivity contribution in [2.24, 2.45) is 5.92 Å². The summed E-state index contributed by atoms with van der Waals surface area (Å²) >= 11 is 0. The average Bonchev–Trinajstić information content (AvgIpc) is 2.46. The van der Waals surface area contributed by atoms with Gasteiger partial charge in [0.2, 0.25) is 5.91 Å². The van der Waals surface area contributed by atoms with Gasteiger partial charge in [-0.15, -0.1) is 0 Å². The van der Waals surface area contributed by atoms with Crippen LogP contribution >= 0.6 is 0 Å². The van der Waals surface area contributed by atoms with E-state index < -0.39 is 0 Å². The van der Waals surface area contributed by atoms with Crippen molar-refractivity contribution in [3.63, 3.8) is 0 Å². The zero-order valence-electron chi connectivity index (χ0n) is 13.2. The van der Waals surface area contributed by atoms with Crippen LogP contribution in [0.5, 0.6) is 0 Å². The fraction of sp³-hybridized carbons (Fsp3) is 0.611. The van der Waals surface area contributed by atoms with Gasteiger partial charge in [-0.25, -0.2) is 0 Å². The first-order chi connectivity index (χ1) is 9.69. The maximum atomic E-state index is 12.2. The van der Waals surface area contributed by atoms with E-state index in [2.05, 4.69) is 38.2 Å². The van der Waals surface area contributed by atoms with Crippen molar-refractivity contribution in [2.45, 2.75) is 65.8 Å². The number of benzene rings is 1. The molecule has 0 aliphatic rings. The second kappa shape index (κ2) is 9.57. The largest absolute Gasteiger partial charge is 0.352 e. The molecule has 112 valence electrons. The van der Waals surface area contributed by atoms with Crippen LogP contribution in [0.4, 0.5) is 0 Å². The predicted octanol–water partition coefficient (Wildman–Crippen LogP) is 4.61. The molecule has 1 rings (SSSR count). The van der Waals surface area contributed by atoms with Gasteiger partial charge in [-0.3, -0.25) is 4.79 Å². The Morgan fingerprint density at radius 3 is 2.55 bits per heavy atom. The molecule has 0 saturated carbocycles. The molecule has 0 spiro atoms. The van der Waals surface area contributed by atoms with Crippen LogP contribution in [-0.2, 0) is 11.3 Å². The van der Waals surface area contributed by atoms with Gasteiger partial charge in [-0.05, 0) is 30.9 Å². The van der Waals surface area contributed by atoms with E-state index in [-0.39, 0.29) is 11.8 Å². The van der Waals surface area contributed by atoms with E-state index in [4.69, 9.17) is 0 Å². The molecule has 2 heteroatoms. The van der Waals surface area contributed by atoms with Crippen LogP contribution in [0.15, 0.2) is 24.3 Å². The highest BCUT2D eigenvalue weighted by molar-refractivity contribution is 5.78. The maximum Gasteiger partial charge on any atom is 0.223 e. The Labute approximate surface area is 124 Å². The number of hydrogen-bond donors (Lipinski definition) is 1. The maximum absolute atomic E-state index is 12.2. The summed E-state index contributed by atoms with van der Waals surface area (Å²) < 4.78 is 0. The van der Waals surface area contributed by atoms with E-state index >= 15 is 0 Å². The lowest BCUT2D eigenvalue weighted by atomic mass is 9.97. The minimum Gasteiger partial charge on any atom is -0.352 e. The van der Waals surface area contributed by atoms with Crippen LogP contribution in [0.3, 0.4) is 0 Å². The molecule has 1 aromatic carbocycles. The Bertz CT molecular complexity index is 400. The van der Waals surface area contributed by atoms with E-state index in [1.807, 2.05) is 12.1 Å². The third-order valence-corrected chi connectivity index (χ3v) is 3.98. The van der Waals surface area contributed by atoms with E-state index in [1.54, 1.807) is 0 Å². The lowest BCUT2D eigenvalue weighted by molar-refractivity contribution is -0.125. The molecule has 20 heavy (non-hydrogen) atoms. The molecule has 0 aromatic heterocycles. The summed E-state index contributed by atoms with van der Waals surface area (Å²) in [6.45, 7) is 7.06. The fourth-order valence-corrected chi connectivity index (χ4v) is 2.47. The Morgan fingerprint density at radius 1 is 1.15 bits per heavy atom. The molecule has 0 radical (unpaired) electrons. The van der Waals surface area contributed by atoms with Crippen molar-refractivity contribution in [3.8, 4) is 0 Å². The monoisotopic (exact) mass is 275 g/mol. The topological polar surface area (TPSA) is 29.1 Å². The molecule has 0 aliphatic carbocycles. The molecule has 2 nitrogen and oxygen atoms in total. The molecule has 1 amide bonds. The number of amides is 1. The van der Waals surface area contributed by atoms with E-state index in [9.17, 15) is 4.79 Å².